The van der Waals surface area contributed by atoms with Crippen LogP contribution < -0.4 is 10.1 Å². The van der Waals surface area contributed by atoms with E-state index in [9.17, 15) is 4.79 Å². The average molecular weight is 486 g/mol. The van der Waals surface area contributed by atoms with Crippen molar-refractivity contribution in [3.05, 3.63) is 83.9 Å². The van der Waals surface area contributed by atoms with E-state index in [2.05, 4.69) is 39.5 Å². The fourth-order valence-electron chi connectivity index (χ4n) is 4.59. The van der Waals surface area contributed by atoms with Crippen LogP contribution in [0.4, 0.5) is 0 Å². The van der Waals surface area contributed by atoms with Gasteiger partial charge in [0.2, 0.25) is 0 Å². The van der Waals surface area contributed by atoms with Crippen molar-refractivity contribution < 1.29 is 18.7 Å². The van der Waals surface area contributed by atoms with E-state index in [0.717, 1.165) is 66.1 Å². The Kier molecular flexibility index (Phi) is 7.30. The molecular formula is C29H31N3O4. The molecule has 0 bridgehead atoms. The van der Waals surface area contributed by atoms with Crippen molar-refractivity contribution in [3.8, 4) is 16.9 Å². The first kappa shape index (κ1) is 24.0. The van der Waals surface area contributed by atoms with Crippen LogP contribution in [0.3, 0.4) is 0 Å². The summed E-state index contributed by atoms with van der Waals surface area (Å²) in [6, 6.07) is 19.9. The molecule has 1 unspecified atom stereocenters. The molecule has 1 aliphatic rings. The van der Waals surface area contributed by atoms with Gasteiger partial charge in [0, 0.05) is 36.3 Å². The van der Waals surface area contributed by atoms with Crippen molar-refractivity contribution in [1.29, 1.82) is 0 Å². The van der Waals surface area contributed by atoms with Crippen molar-refractivity contribution >= 4 is 16.8 Å². The van der Waals surface area contributed by atoms with Crippen LogP contribution in [0, 0.1) is 6.92 Å². The lowest BCUT2D eigenvalue weighted by Crippen LogP contribution is -2.36. The summed E-state index contributed by atoms with van der Waals surface area (Å²) in [5.74, 6) is 1.22. The van der Waals surface area contributed by atoms with E-state index in [-0.39, 0.29) is 18.6 Å². The molecule has 0 aliphatic carbocycles. The Hall–Kier alpha value is -3.68. The monoisotopic (exact) mass is 485 g/mol. The Morgan fingerprint density at radius 3 is 2.75 bits per heavy atom. The number of pyridine rings is 1. The van der Waals surface area contributed by atoms with Gasteiger partial charge in [-0.25, -0.2) is 0 Å². The maximum Gasteiger partial charge on any atom is 0.258 e. The topological polar surface area (TPSA) is 76.8 Å². The first-order valence-corrected chi connectivity index (χ1v) is 12.3. The number of hydrogen-bond acceptors (Lipinski definition) is 6. The molecule has 4 aromatic rings. The number of ether oxygens (including phenoxy) is 2. The number of hydrogen-bond donors (Lipinski definition) is 1. The van der Waals surface area contributed by atoms with E-state index < -0.39 is 0 Å². The van der Waals surface area contributed by atoms with Gasteiger partial charge in [-0.2, -0.15) is 0 Å². The molecule has 36 heavy (non-hydrogen) atoms. The molecule has 2 aromatic carbocycles. The summed E-state index contributed by atoms with van der Waals surface area (Å²) in [4.78, 5) is 19.6. The van der Waals surface area contributed by atoms with Gasteiger partial charge in [0.15, 0.2) is 6.61 Å². The van der Waals surface area contributed by atoms with Crippen LogP contribution in [0.2, 0.25) is 0 Å². The molecule has 0 saturated carbocycles. The van der Waals surface area contributed by atoms with Gasteiger partial charge in [-0.15, -0.1) is 0 Å². The van der Waals surface area contributed by atoms with E-state index in [1.54, 1.807) is 12.3 Å². The summed E-state index contributed by atoms with van der Waals surface area (Å²) >= 11 is 0. The predicted molar refractivity (Wildman–Crippen MR) is 139 cm³/mol. The number of aromatic nitrogens is 1. The minimum atomic E-state index is -0.227. The van der Waals surface area contributed by atoms with Gasteiger partial charge < -0.3 is 19.2 Å². The first-order valence-electron chi connectivity index (χ1n) is 12.3. The van der Waals surface area contributed by atoms with Crippen LogP contribution >= 0.6 is 0 Å². The van der Waals surface area contributed by atoms with Gasteiger partial charge in [0.25, 0.3) is 5.91 Å². The first-order chi connectivity index (χ1) is 17.6. The zero-order valence-electron chi connectivity index (χ0n) is 20.7. The Labute approximate surface area is 211 Å². The number of carbonyl (C=O) groups excluding carboxylic acids is 1. The van der Waals surface area contributed by atoms with Crippen molar-refractivity contribution in [1.82, 2.24) is 15.2 Å². The Morgan fingerprint density at radius 1 is 1.11 bits per heavy atom. The third-order valence-electron chi connectivity index (χ3n) is 6.42. The van der Waals surface area contributed by atoms with Crippen LogP contribution in [0.5, 0.6) is 5.75 Å². The third-order valence-corrected chi connectivity index (χ3v) is 6.42. The van der Waals surface area contributed by atoms with Crippen LogP contribution in [-0.4, -0.2) is 48.7 Å². The number of benzene rings is 2. The smallest absolute Gasteiger partial charge is 0.258 e. The molecule has 5 rings (SSSR count). The highest BCUT2D eigenvalue weighted by Crippen LogP contribution is 2.33. The molecule has 1 saturated heterocycles. The molecule has 1 atom stereocenters. The maximum absolute atomic E-state index is 12.6. The molecule has 0 spiro atoms. The van der Waals surface area contributed by atoms with Gasteiger partial charge in [-0.05, 0) is 61.4 Å². The minimum absolute atomic E-state index is 0.0716. The molecule has 0 radical (unpaired) electrons. The lowest BCUT2D eigenvalue weighted by atomic mass is 9.98. The van der Waals surface area contributed by atoms with E-state index in [1.165, 1.54) is 0 Å². The number of amides is 1. The lowest BCUT2D eigenvalue weighted by molar-refractivity contribution is -0.123. The summed E-state index contributed by atoms with van der Waals surface area (Å²) in [6.07, 6.45) is 1.60. The summed E-state index contributed by atoms with van der Waals surface area (Å²) in [5, 5.41) is 4.04. The zero-order valence-corrected chi connectivity index (χ0v) is 20.7. The molecular weight excluding hydrogens is 454 g/mol. The second-order valence-electron chi connectivity index (χ2n) is 9.13. The highest BCUT2D eigenvalue weighted by atomic mass is 16.5. The number of nitrogens with zero attached hydrogens (tertiary/aromatic N) is 2. The second-order valence-corrected chi connectivity index (χ2v) is 9.13. The van der Waals surface area contributed by atoms with Crippen LogP contribution in [-0.2, 0) is 16.1 Å². The quantitative estimate of drug-likeness (QED) is 0.383. The minimum Gasteiger partial charge on any atom is -0.483 e. The van der Waals surface area contributed by atoms with Gasteiger partial charge in [0.05, 0.1) is 31.0 Å². The van der Waals surface area contributed by atoms with E-state index in [0.29, 0.717) is 11.5 Å². The average Bonchev–Trinajstić information content (AvgIpc) is 3.43. The number of nitrogens with one attached hydrogen (secondary N) is 1. The third kappa shape index (κ3) is 5.58. The number of para-hydroxylation sites is 1. The normalized spacial score (nSPS) is 15.1. The maximum atomic E-state index is 12.6. The SMILES string of the molecule is Cc1cc(-c2ccc(OCC(=O)NC(C)c3ccco3)c(CN3CCOCC3)c2)c2ccccc2n1. The number of morpholine rings is 1. The Morgan fingerprint density at radius 2 is 1.94 bits per heavy atom. The number of rotatable bonds is 8. The molecule has 1 fully saturated rings. The van der Waals surface area contributed by atoms with Crippen molar-refractivity contribution in [2.75, 3.05) is 32.9 Å². The lowest BCUT2D eigenvalue weighted by Gasteiger charge is -2.27. The van der Waals surface area contributed by atoms with Crippen LogP contribution in [0.15, 0.2) is 71.3 Å². The van der Waals surface area contributed by atoms with Gasteiger partial charge >= 0.3 is 0 Å². The zero-order chi connectivity index (χ0) is 24.9. The number of aryl methyl sites for hydroxylation is 1. The van der Waals surface area contributed by atoms with Gasteiger partial charge in [-0.1, -0.05) is 24.3 Å². The molecule has 1 aliphatic heterocycles. The van der Waals surface area contributed by atoms with Crippen molar-refractivity contribution in [2.45, 2.75) is 26.4 Å². The molecule has 3 heterocycles. The van der Waals surface area contributed by atoms with Crippen LogP contribution in [0.25, 0.3) is 22.0 Å². The number of carbonyl (C=O) groups is 1. The number of furan rings is 1. The molecule has 7 nitrogen and oxygen atoms in total. The fourth-order valence-corrected chi connectivity index (χ4v) is 4.59. The Bertz CT molecular complexity index is 1330. The summed E-state index contributed by atoms with van der Waals surface area (Å²) < 4.78 is 17.0. The molecule has 7 heteroatoms. The molecule has 2 aromatic heterocycles. The summed E-state index contributed by atoms with van der Waals surface area (Å²) in [7, 11) is 0. The summed E-state index contributed by atoms with van der Waals surface area (Å²) in [6.45, 7) is 7.72. The van der Waals surface area contributed by atoms with Crippen molar-refractivity contribution in [3.63, 3.8) is 0 Å². The van der Waals surface area contributed by atoms with E-state index in [1.807, 2.05) is 44.2 Å². The summed E-state index contributed by atoms with van der Waals surface area (Å²) in [5.41, 5.74) is 5.23. The van der Waals surface area contributed by atoms with Crippen molar-refractivity contribution in [2.24, 2.45) is 0 Å². The number of fused-ring (bicyclic) bond motifs is 1. The van der Waals surface area contributed by atoms with Crippen LogP contribution in [0.1, 0.15) is 30.0 Å². The highest BCUT2D eigenvalue weighted by molar-refractivity contribution is 5.94. The largest absolute Gasteiger partial charge is 0.483 e. The highest BCUT2D eigenvalue weighted by Gasteiger charge is 2.17. The molecule has 186 valence electrons. The van der Waals surface area contributed by atoms with E-state index >= 15 is 0 Å². The fraction of sp³-hybridized carbons (Fsp3) is 0.310. The molecule has 1 N–H and O–H groups in total. The predicted octanol–water partition coefficient (Wildman–Crippen LogP) is 4.89. The Balaban J connectivity index is 1.40. The second kappa shape index (κ2) is 10.9. The van der Waals surface area contributed by atoms with E-state index in [4.69, 9.17) is 13.9 Å². The standard InChI is InChI=1S/C29H31N3O4/c1-20-16-25(24-6-3-4-7-26(24)30-20)22-9-10-28(23(17-22)18-32-11-14-34-15-12-32)36-19-29(33)31-21(2)27-8-5-13-35-27/h3-10,13,16-17,21H,11-12,14-15,18-19H2,1-2H3,(H,31,33). The van der Waals surface area contributed by atoms with Gasteiger partial charge in [-0.3, -0.25) is 14.7 Å². The molecule has 1 amide bonds. The van der Waals surface area contributed by atoms with Gasteiger partial charge in [0.1, 0.15) is 11.5 Å².